The predicted octanol–water partition coefficient (Wildman–Crippen LogP) is 3.57. The lowest BCUT2D eigenvalue weighted by Crippen LogP contribution is -2.47. The minimum absolute atomic E-state index is 0.0875. The molecule has 0 unspecified atom stereocenters. The Morgan fingerprint density at radius 2 is 1.81 bits per heavy atom. The zero-order chi connectivity index (χ0) is 18.7. The van der Waals surface area contributed by atoms with Gasteiger partial charge in [0.05, 0.1) is 5.56 Å². The fraction of sp³-hybridized carbons (Fsp3) is 0.263. The number of rotatable bonds is 5. The summed E-state index contributed by atoms with van der Waals surface area (Å²) in [6.45, 7) is 3.93. The van der Waals surface area contributed by atoms with E-state index in [4.69, 9.17) is 9.47 Å². The number of nitrogens with one attached hydrogen (secondary N) is 2. The average Bonchev–Trinajstić information content (AvgIpc) is 3.07. The van der Waals surface area contributed by atoms with Gasteiger partial charge in [0.1, 0.15) is 6.04 Å². The molecule has 0 saturated carbocycles. The largest absolute Gasteiger partial charge is 0.454 e. The number of benzene rings is 2. The third-order valence-electron chi connectivity index (χ3n) is 3.99. The SMILES string of the molecule is CC(C)[C@H](NC(=O)c1ccccc1Br)C(=O)Nc1ccc2c(c1)OCO2. The lowest BCUT2D eigenvalue weighted by molar-refractivity contribution is -0.118. The number of anilines is 1. The van der Waals surface area contributed by atoms with E-state index in [-0.39, 0.29) is 24.5 Å². The number of carbonyl (C=O) groups excluding carboxylic acids is 2. The van der Waals surface area contributed by atoms with Gasteiger partial charge in [-0.2, -0.15) is 0 Å². The van der Waals surface area contributed by atoms with E-state index in [9.17, 15) is 9.59 Å². The second kappa shape index (κ2) is 7.78. The van der Waals surface area contributed by atoms with E-state index < -0.39 is 6.04 Å². The van der Waals surface area contributed by atoms with Crippen LogP contribution in [0.15, 0.2) is 46.9 Å². The van der Waals surface area contributed by atoms with Crippen LogP contribution >= 0.6 is 15.9 Å². The quantitative estimate of drug-likeness (QED) is 0.777. The molecule has 6 nitrogen and oxygen atoms in total. The first kappa shape index (κ1) is 18.3. The third kappa shape index (κ3) is 3.99. The summed E-state index contributed by atoms with van der Waals surface area (Å²) in [6.07, 6.45) is 0. The van der Waals surface area contributed by atoms with Crippen LogP contribution in [0.2, 0.25) is 0 Å². The summed E-state index contributed by atoms with van der Waals surface area (Å²) in [6, 6.07) is 11.6. The number of fused-ring (bicyclic) bond motifs is 1. The van der Waals surface area contributed by atoms with Crippen LogP contribution in [0.3, 0.4) is 0 Å². The minimum Gasteiger partial charge on any atom is -0.454 e. The van der Waals surface area contributed by atoms with Gasteiger partial charge in [-0.25, -0.2) is 0 Å². The molecule has 1 aliphatic heterocycles. The molecule has 0 aliphatic carbocycles. The van der Waals surface area contributed by atoms with Crippen molar-refractivity contribution in [3.63, 3.8) is 0 Å². The first-order valence-electron chi connectivity index (χ1n) is 8.21. The molecular formula is C19H19BrN2O4. The molecule has 2 aromatic carbocycles. The van der Waals surface area contributed by atoms with Crippen LogP contribution in [0.25, 0.3) is 0 Å². The Bertz CT molecular complexity index is 838. The molecule has 2 aromatic rings. The van der Waals surface area contributed by atoms with Gasteiger partial charge in [-0.3, -0.25) is 9.59 Å². The van der Waals surface area contributed by atoms with Crippen LogP contribution in [-0.2, 0) is 4.79 Å². The Morgan fingerprint density at radius 3 is 2.54 bits per heavy atom. The summed E-state index contributed by atoms with van der Waals surface area (Å²) < 4.78 is 11.3. The summed E-state index contributed by atoms with van der Waals surface area (Å²) in [7, 11) is 0. The van der Waals surface area contributed by atoms with Gasteiger partial charge in [-0.05, 0) is 46.1 Å². The Labute approximate surface area is 160 Å². The standard InChI is InChI=1S/C19H19BrN2O4/c1-11(2)17(22-18(23)13-5-3-4-6-14(13)20)19(24)21-12-7-8-15-16(9-12)26-10-25-15/h3-9,11,17H,10H2,1-2H3,(H,21,24)(H,22,23)/t17-/m0/s1. The molecule has 0 aromatic heterocycles. The summed E-state index contributed by atoms with van der Waals surface area (Å²) in [5, 5.41) is 5.63. The van der Waals surface area contributed by atoms with Crippen molar-refractivity contribution < 1.29 is 19.1 Å². The normalized spacial score (nSPS) is 13.4. The van der Waals surface area contributed by atoms with Crippen molar-refractivity contribution in [1.82, 2.24) is 5.32 Å². The summed E-state index contributed by atoms with van der Waals surface area (Å²) in [5.41, 5.74) is 1.06. The minimum atomic E-state index is -0.681. The van der Waals surface area contributed by atoms with Crippen LogP contribution in [0.4, 0.5) is 5.69 Å². The maximum Gasteiger partial charge on any atom is 0.253 e. The molecule has 0 fully saturated rings. The molecule has 1 heterocycles. The maximum atomic E-state index is 12.7. The summed E-state index contributed by atoms with van der Waals surface area (Å²) in [4.78, 5) is 25.2. The highest BCUT2D eigenvalue weighted by atomic mass is 79.9. The molecule has 7 heteroatoms. The van der Waals surface area contributed by atoms with Gasteiger partial charge in [0, 0.05) is 16.2 Å². The van der Waals surface area contributed by atoms with E-state index in [0.29, 0.717) is 27.2 Å². The molecule has 1 aliphatic rings. The van der Waals surface area contributed by atoms with Gasteiger partial charge in [0.15, 0.2) is 11.5 Å². The molecule has 2 N–H and O–H groups in total. The highest BCUT2D eigenvalue weighted by Gasteiger charge is 2.26. The number of ether oxygens (including phenoxy) is 2. The number of hydrogen-bond donors (Lipinski definition) is 2. The number of hydrogen-bond acceptors (Lipinski definition) is 4. The van der Waals surface area contributed by atoms with Crippen LogP contribution in [0, 0.1) is 5.92 Å². The zero-order valence-corrected chi connectivity index (χ0v) is 16.0. The van der Waals surface area contributed by atoms with E-state index >= 15 is 0 Å². The van der Waals surface area contributed by atoms with Crippen molar-refractivity contribution in [2.45, 2.75) is 19.9 Å². The molecule has 136 valence electrons. The molecule has 0 spiro atoms. The van der Waals surface area contributed by atoms with Gasteiger partial charge in [-0.1, -0.05) is 26.0 Å². The second-order valence-electron chi connectivity index (χ2n) is 6.23. The van der Waals surface area contributed by atoms with Crippen molar-refractivity contribution in [3.05, 3.63) is 52.5 Å². The first-order chi connectivity index (χ1) is 12.5. The van der Waals surface area contributed by atoms with E-state index in [1.807, 2.05) is 19.9 Å². The van der Waals surface area contributed by atoms with E-state index in [2.05, 4.69) is 26.6 Å². The Morgan fingerprint density at radius 1 is 1.08 bits per heavy atom. The fourth-order valence-corrected chi connectivity index (χ4v) is 3.06. The van der Waals surface area contributed by atoms with Gasteiger partial charge >= 0.3 is 0 Å². The number of amides is 2. The maximum absolute atomic E-state index is 12.7. The van der Waals surface area contributed by atoms with Crippen LogP contribution in [0.1, 0.15) is 24.2 Å². The van der Waals surface area contributed by atoms with Crippen molar-refractivity contribution in [3.8, 4) is 11.5 Å². The van der Waals surface area contributed by atoms with Crippen molar-refractivity contribution in [1.29, 1.82) is 0 Å². The van der Waals surface area contributed by atoms with Crippen LogP contribution in [-0.4, -0.2) is 24.6 Å². The van der Waals surface area contributed by atoms with E-state index in [0.717, 1.165) is 0 Å². The number of carbonyl (C=O) groups is 2. The second-order valence-corrected chi connectivity index (χ2v) is 7.09. The Hall–Kier alpha value is -2.54. The van der Waals surface area contributed by atoms with Crippen molar-refractivity contribution in [2.24, 2.45) is 5.92 Å². The Kier molecular flexibility index (Phi) is 5.46. The smallest absolute Gasteiger partial charge is 0.253 e. The first-order valence-corrected chi connectivity index (χ1v) is 9.01. The van der Waals surface area contributed by atoms with Gasteiger partial charge in [0.2, 0.25) is 12.7 Å². The molecule has 2 amide bonds. The fourth-order valence-electron chi connectivity index (χ4n) is 2.59. The predicted molar refractivity (Wildman–Crippen MR) is 101 cm³/mol. The van der Waals surface area contributed by atoms with E-state index in [1.54, 1.807) is 36.4 Å². The molecule has 0 radical (unpaired) electrons. The molecular weight excluding hydrogens is 400 g/mol. The molecule has 0 saturated heterocycles. The highest BCUT2D eigenvalue weighted by molar-refractivity contribution is 9.10. The van der Waals surface area contributed by atoms with Crippen LogP contribution in [0.5, 0.6) is 11.5 Å². The van der Waals surface area contributed by atoms with E-state index in [1.165, 1.54) is 0 Å². The van der Waals surface area contributed by atoms with Gasteiger partial charge in [0.25, 0.3) is 5.91 Å². The van der Waals surface area contributed by atoms with Gasteiger partial charge in [-0.15, -0.1) is 0 Å². The third-order valence-corrected chi connectivity index (χ3v) is 4.69. The molecule has 1 atom stereocenters. The summed E-state index contributed by atoms with van der Waals surface area (Å²) in [5.74, 6) is 0.540. The molecule has 3 rings (SSSR count). The van der Waals surface area contributed by atoms with Crippen molar-refractivity contribution >= 4 is 33.4 Å². The van der Waals surface area contributed by atoms with Gasteiger partial charge < -0.3 is 20.1 Å². The highest BCUT2D eigenvalue weighted by Crippen LogP contribution is 2.34. The lowest BCUT2D eigenvalue weighted by atomic mass is 10.0. The topological polar surface area (TPSA) is 76.7 Å². The summed E-state index contributed by atoms with van der Waals surface area (Å²) >= 11 is 3.36. The number of halogens is 1. The van der Waals surface area contributed by atoms with Crippen molar-refractivity contribution in [2.75, 3.05) is 12.1 Å². The molecule has 0 bridgehead atoms. The zero-order valence-electron chi connectivity index (χ0n) is 14.4. The monoisotopic (exact) mass is 418 g/mol. The molecule has 26 heavy (non-hydrogen) atoms. The average molecular weight is 419 g/mol. The Balaban J connectivity index is 1.72. The lowest BCUT2D eigenvalue weighted by Gasteiger charge is -2.22. The van der Waals surface area contributed by atoms with Crippen LogP contribution < -0.4 is 20.1 Å².